The average Bonchev–Trinajstić information content (AvgIpc) is 2.72. The molecule has 1 rings (SSSR count). The van der Waals surface area contributed by atoms with Crippen LogP contribution in [-0.2, 0) is 27.1 Å². The van der Waals surface area contributed by atoms with Gasteiger partial charge in [0.05, 0.1) is 30.3 Å². The van der Waals surface area contributed by atoms with Crippen molar-refractivity contribution in [2.45, 2.75) is 26.2 Å². The van der Waals surface area contributed by atoms with Gasteiger partial charge in [-0.1, -0.05) is 0 Å². The van der Waals surface area contributed by atoms with Crippen LogP contribution >= 0.6 is 11.3 Å². The SMILES string of the molecule is CCOC(=O)CCc1csc(CCOC)n1. The van der Waals surface area contributed by atoms with Crippen molar-refractivity contribution in [3.63, 3.8) is 0 Å². The van der Waals surface area contributed by atoms with Crippen molar-refractivity contribution in [1.29, 1.82) is 0 Å². The zero-order chi connectivity index (χ0) is 11.8. The third-order valence-corrected chi connectivity index (χ3v) is 2.97. The Morgan fingerprint density at radius 3 is 3.00 bits per heavy atom. The minimum atomic E-state index is -0.158. The van der Waals surface area contributed by atoms with Crippen LogP contribution in [-0.4, -0.2) is 31.3 Å². The molecule has 0 radical (unpaired) electrons. The van der Waals surface area contributed by atoms with Crippen molar-refractivity contribution in [2.24, 2.45) is 0 Å². The molecule has 1 aromatic heterocycles. The maximum atomic E-state index is 11.1. The van der Waals surface area contributed by atoms with Crippen molar-refractivity contribution in [3.8, 4) is 0 Å². The normalized spacial score (nSPS) is 10.4. The maximum Gasteiger partial charge on any atom is 0.306 e. The molecule has 0 unspecified atom stereocenters. The predicted molar refractivity (Wildman–Crippen MR) is 62.6 cm³/mol. The van der Waals surface area contributed by atoms with Crippen molar-refractivity contribution >= 4 is 17.3 Å². The van der Waals surface area contributed by atoms with Crippen LogP contribution in [0.25, 0.3) is 0 Å². The molecule has 0 aliphatic carbocycles. The van der Waals surface area contributed by atoms with E-state index in [9.17, 15) is 4.79 Å². The molecule has 0 atom stereocenters. The van der Waals surface area contributed by atoms with Crippen molar-refractivity contribution in [1.82, 2.24) is 4.98 Å². The minimum absolute atomic E-state index is 0.158. The lowest BCUT2D eigenvalue weighted by Crippen LogP contribution is -2.05. The fraction of sp³-hybridized carbons (Fsp3) is 0.636. The Hall–Kier alpha value is -0.940. The molecular formula is C11H17NO3S. The molecule has 0 N–H and O–H groups in total. The highest BCUT2D eigenvalue weighted by molar-refractivity contribution is 7.09. The lowest BCUT2D eigenvalue weighted by Gasteiger charge is -1.99. The van der Waals surface area contributed by atoms with Gasteiger partial charge in [0.15, 0.2) is 0 Å². The molecule has 1 heterocycles. The molecule has 0 saturated heterocycles. The lowest BCUT2D eigenvalue weighted by atomic mass is 10.2. The van der Waals surface area contributed by atoms with Crippen LogP contribution in [0.4, 0.5) is 0 Å². The van der Waals surface area contributed by atoms with E-state index in [-0.39, 0.29) is 5.97 Å². The van der Waals surface area contributed by atoms with Crippen molar-refractivity contribution < 1.29 is 14.3 Å². The van der Waals surface area contributed by atoms with Gasteiger partial charge in [-0.25, -0.2) is 4.98 Å². The van der Waals surface area contributed by atoms with E-state index in [1.807, 2.05) is 12.3 Å². The number of ether oxygens (including phenoxy) is 2. The van der Waals surface area contributed by atoms with Gasteiger partial charge >= 0.3 is 5.97 Å². The van der Waals surface area contributed by atoms with E-state index in [4.69, 9.17) is 9.47 Å². The Morgan fingerprint density at radius 2 is 2.31 bits per heavy atom. The Bertz CT molecular complexity index is 325. The van der Waals surface area contributed by atoms with Gasteiger partial charge in [-0.2, -0.15) is 0 Å². The number of carbonyl (C=O) groups excluding carboxylic acids is 1. The van der Waals surface area contributed by atoms with E-state index in [1.54, 1.807) is 18.4 Å². The molecular weight excluding hydrogens is 226 g/mol. The van der Waals surface area contributed by atoms with Crippen LogP contribution < -0.4 is 0 Å². The van der Waals surface area contributed by atoms with Gasteiger partial charge in [-0.3, -0.25) is 4.79 Å². The number of thiazole rings is 1. The second kappa shape index (κ2) is 7.35. The summed E-state index contributed by atoms with van der Waals surface area (Å²) in [6, 6.07) is 0. The summed E-state index contributed by atoms with van der Waals surface area (Å²) in [6.45, 7) is 2.93. The molecule has 0 saturated carbocycles. The first-order valence-electron chi connectivity index (χ1n) is 5.34. The summed E-state index contributed by atoms with van der Waals surface area (Å²) in [5.41, 5.74) is 0.962. The molecule has 0 aliphatic heterocycles. The lowest BCUT2D eigenvalue weighted by molar-refractivity contribution is -0.143. The molecule has 5 heteroatoms. The van der Waals surface area contributed by atoms with Crippen LogP contribution in [0.3, 0.4) is 0 Å². The van der Waals surface area contributed by atoms with Gasteiger partial charge < -0.3 is 9.47 Å². The smallest absolute Gasteiger partial charge is 0.306 e. The van der Waals surface area contributed by atoms with Crippen LogP contribution in [0, 0.1) is 0 Å². The molecule has 90 valence electrons. The Morgan fingerprint density at radius 1 is 1.50 bits per heavy atom. The maximum absolute atomic E-state index is 11.1. The minimum Gasteiger partial charge on any atom is -0.466 e. The number of hydrogen-bond acceptors (Lipinski definition) is 5. The highest BCUT2D eigenvalue weighted by atomic mass is 32.1. The summed E-state index contributed by atoms with van der Waals surface area (Å²) < 4.78 is 9.83. The third-order valence-electron chi connectivity index (χ3n) is 2.01. The number of carbonyl (C=O) groups is 1. The average molecular weight is 243 g/mol. The van der Waals surface area contributed by atoms with Crippen LogP contribution in [0.5, 0.6) is 0 Å². The fourth-order valence-electron chi connectivity index (χ4n) is 1.23. The highest BCUT2D eigenvalue weighted by Crippen LogP contribution is 2.12. The van der Waals surface area contributed by atoms with E-state index >= 15 is 0 Å². The van der Waals surface area contributed by atoms with Gasteiger partial charge in [0.25, 0.3) is 0 Å². The number of rotatable bonds is 7. The summed E-state index contributed by atoms with van der Waals surface area (Å²) >= 11 is 1.61. The summed E-state index contributed by atoms with van der Waals surface area (Å²) in [6.07, 6.45) is 1.89. The molecule has 0 amide bonds. The Kier molecular flexibility index (Phi) is 6.03. The second-order valence-electron chi connectivity index (χ2n) is 3.28. The second-order valence-corrected chi connectivity index (χ2v) is 4.22. The molecule has 0 aliphatic rings. The van der Waals surface area contributed by atoms with Crippen molar-refractivity contribution in [2.75, 3.05) is 20.3 Å². The van der Waals surface area contributed by atoms with Gasteiger partial charge in [0.2, 0.25) is 0 Å². The Balaban J connectivity index is 2.31. The van der Waals surface area contributed by atoms with Crippen LogP contribution in [0.15, 0.2) is 5.38 Å². The standard InChI is InChI=1S/C11H17NO3S/c1-3-15-11(13)5-4-9-8-16-10(12-9)6-7-14-2/h8H,3-7H2,1-2H3. The van der Waals surface area contributed by atoms with E-state index < -0.39 is 0 Å². The molecule has 0 aromatic carbocycles. The van der Waals surface area contributed by atoms with Crippen molar-refractivity contribution in [3.05, 3.63) is 16.1 Å². The zero-order valence-electron chi connectivity index (χ0n) is 9.69. The molecule has 1 aromatic rings. The summed E-state index contributed by atoms with van der Waals surface area (Å²) in [4.78, 5) is 15.5. The summed E-state index contributed by atoms with van der Waals surface area (Å²) in [5.74, 6) is -0.158. The first-order valence-corrected chi connectivity index (χ1v) is 6.22. The zero-order valence-corrected chi connectivity index (χ0v) is 10.5. The monoisotopic (exact) mass is 243 g/mol. The first kappa shape index (κ1) is 13.1. The van der Waals surface area contributed by atoms with E-state index in [1.165, 1.54) is 0 Å². The number of esters is 1. The third kappa shape index (κ3) is 4.72. The first-order chi connectivity index (χ1) is 7.76. The number of methoxy groups -OCH3 is 1. The van der Waals surface area contributed by atoms with E-state index in [0.29, 0.717) is 26.1 Å². The quantitative estimate of drug-likeness (QED) is 0.685. The van der Waals surface area contributed by atoms with Crippen LogP contribution in [0.2, 0.25) is 0 Å². The topological polar surface area (TPSA) is 48.4 Å². The van der Waals surface area contributed by atoms with Crippen LogP contribution in [0.1, 0.15) is 24.0 Å². The summed E-state index contributed by atoms with van der Waals surface area (Å²) in [5, 5.41) is 3.05. The number of aromatic nitrogens is 1. The molecule has 0 fully saturated rings. The number of nitrogens with zero attached hydrogens (tertiary/aromatic N) is 1. The molecule has 0 bridgehead atoms. The van der Waals surface area contributed by atoms with Gasteiger partial charge in [0, 0.05) is 25.3 Å². The van der Waals surface area contributed by atoms with Gasteiger partial charge in [-0.15, -0.1) is 11.3 Å². The number of hydrogen-bond donors (Lipinski definition) is 0. The van der Waals surface area contributed by atoms with E-state index in [0.717, 1.165) is 17.1 Å². The van der Waals surface area contributed by atoms with E-state index in [2.05, 4.69) is 4.98 Å². The molecule has 0 spiro atoms. The summed E-state index contributed by atoms with van der Waals surface area (Å²) in [7, 11) is 1.68. The van der Waals surface area contributed by atoms with Gasteiger partial charge in [0.1, 0.15) is 0 Å². The molecule has 16 heavy (non-hydrogen) atoms. The van der Waals surface area contributed by atoms with Gasteiger partial charge in [-0.05, 0) is 6.92 Å². The fourth-order valence-corrected chi connectivity index (χ4v) is 2.05. The number of aryl methyl sites for hydroxylation is 1. The Labute approximate surface area is 99.6 Å². The highest BCUT2D eigenvalue weighted by Gasteiger charge is 2.06. The predicted octanol–water partition coefficient (Wildman–Crippen LogP) is 1.83. The molecule has 4 nitrogen and oxygen atoms in total. The largest absolute Gasteiger partial charge is 0.466 e.